The van der Waals surface area contributed by atoms with E-state index in [-0.39, 0.29) is 17.0 Å². The highest BCUT2D eigenvalue weighted by Gasteiger charge is 2.41. The van der Waals surface area contributed by atoms with Crippen LogP contribution in [0.5, 0.6) is 0 Å². The molecule has 2 aliphatic carbocycles. The lowest BCUT2D eigenvalue weighted by Gasteiger charge is -2.35. The van der Waals surface area contributed by atoms with Crippen molar-refractivity contribution in [3.8, 4) is 0 Å². The van der Waals surface area contributed by atoms with E-state index in [1.54, 1.807) is 0 Å². The highest BCUT2D eigenvalue weighted by Crippen LogP contribution is 2.63. The molecular formula is C39H40O2P2S. The van der Waals surface area contributed by atoms with Crippen LogP contribution in [0.4, 0.5) is 0 Å². The summed E-state index contributed by atoms with van der Waals surface area (Å²) in [5, 5.41) is 2.88. The van der Waals surface area contributed by atoms with Crippen molar-refractivity contribution in [2.45, 2.75) is 60.2 Å². The van der Waals surface area contributed by atoms with Crippen molar-refractivity contribution in [1.29, 1.82) is 0 Å². The summed E-state index contributed by atoms with van der Waals surface area (Å²) in [6.45, 7) is 4.41. The van der Waals surface area contributed by atoms with Crippen molar-refractivity contribution >= 4 is 42.0 Å². The van der Waals surface area contributed by atoms with Crippen LogP contribution in [0.25, 0.3) is 0 Å². The average molecular weight is 635 g/mol. The Balaban J connectivity index is 1.40. The second-order valence-electron chi connectivity index (χ2n) is 11.8. The molecule has 44 heavy (non-hydrogen) atoms. The molecule has 3 aromatic rings. The van der Waals surface area contributed by atoms with Gasteiger partial charge in [0.05, 0.1) is 5.66 Å². The van der Waals surface area contributed by atoms with Crippen LogP contribution in [-0.2, 0) is 15.6 Å². The third-order valence-electron chi connectivity index (χ3n) is 9.08. The van der Waals surface area contributed by atoms with Crippen molar-refractivity contribution < 1.29 is 9.13 Å². The lowest BCUT2D eigenvalue weighted by Crippen LogP contribution is -2.26. The minimum absolute atomic E-state index is 0.00887. The maximum Gasteiger partial charge on any atom is 0.171 e. The molecule has 4 atom stereocenters. The predicted molar refractivity (Wildman–Crippen MR) is 193 cm³/mol. The summed E-state index contributed by atoms with van der Waals surface area (Å²) < 4.78 is 30.4. The fourth-order valence-electron chi connectivity index (χ4n) is 6.72. The molecule has 3 aromatic carbocycles. The fraction of sp³-hybridized carbons (Fsp3) is 0.231. The zero-order valence-corrected chi connectivity index (χ0v) is 28.0. The van der Waals surface area contributed by atoms with Gasteiger partial charge in [-0.05, 0) is 43.0 Å². The number of thioether (sulfide) groups is 1. The Morgan fingerprint density at radius 3 is 2.02 bits per heavy atom. The van der Waals surface area contributed by atoms with E-state index in [4.69, 9.17) is 0 Å². The SMILES string of the molecule is CCC1Sc2ccc(P(=O)(c3ccccc3)c3ccccc3)cc2C/C1=C/C(C)P(=O)(C1C=CC=CC=C1)C1C=CC=CC1. The zero-order valence-electron chi connectivity index (χ0n) is 25.4. The van der Waals surface area contributed by atoms with Crippen molar-refractivity contribution in [3.05, 3.63) is 157 Å². The van der Waals surface area contributed by atoms with Crippen LogP contribution in [0, 0.1) is 0 Å². The van der Waals surface area contributed by atoms with Gasteiger partial charge in [0.15, 0.2) is 7.14 Å². The van der Waals surface area contributed by atoms with E-state index in [0.717, 1.165) is 35.2 Å². The van der Waals surface area contributed by atoms with E-state index >= 15 is 9.13 Å². The van der Waals surface area contributed by atoms with Crippen LogP contribution in [-0.4, -0.2) is 22.2 Å². The summed E-state index contributed by atoms with van der Waals surface area (Å²) in [4.78, 5) is 1.25. The van der Waals surface area contributed by atoms with E-state index in [9.17, 15) is 0 Å². The molecule has 224 valence electrons. The normalized spacial score (nSPS) is 22.8. The molecule has 6 rings (SSSR count). The van der Waals surface area contributed by atoms with E-state index in [2.05, 4.69) is 74.6 Å². The van der Waals surface area contributed by atoms with E-state index < -0.39 is 14.3 Å². The summed E-state index contributed by atoms with van der Waals surface area (Å²) in [6.07, 6.45) is 25.7. The number of allylic oxidation sites excluding steroid dienone is 11. The number of hydrogen-bond donors (Lipinski definition) is 0. The molecule has 0 saturated carbocycles. The first-order valence-electron chi connectivity index (χ1n) is 15.6. The van der Waals surface area contributed by atoms with Gasteiger partial charge >= 0.3 is 0 Å². The lowest BCUT2D eigenvalue weighted by molar-refractivity contribution is 0.562. The molecule has 0 N–H and O–H groups in total. The smallest absolute Gasteiger partial charge is 0.171 e. The molecule has 0 bridgehead atoms. The molecule has 1 aliphatic heterocycles. The molecule has 5 heteroatoms. The predicted octanol–water partition coefficient (Wildman–Crippen LogP) is 9.37. The molecule has 0 fully saturated rings. The van der Waals surface area contributed by atoms with Crippen molar-refractivity contribution in [2.24, 2.45) is 0 Å². The Bertz CT molecular complexity index is 1700. The average Bonchev–Trinajstić information content (AvgIpc) is 3.38. The van der Waals surface area contributed by atoms with Crippen LogP contribution >= 0.6 is 26.0 Å². The van der Waals surface area contributed by atoms with Crippen LogP contribution in [0.15, 0.2) is 156 Å². The summed E-state index contributed by atoms with van der Waals surface area (Å²) in [5.74, 6) is 0. The first kappa shape index (κ1) is 30.9. The molecule has 0 aromatic heterocycles. The summed E-state index contributed by atoms with van der Waals surface area (Å²) in [7, 11) is -5.84. The number of hydrogen-bond acceptors (Lipinski definition) is 3. The van der Waals surface area contributed by atoms with Gasteiger partial charge in [-0.1, -0.05) is 147 Å². The number of fused-ring (bicyclic) bond motifs is 1. The largest absolute Gasteiger partial charge is 0.321 e. The van der Waals surface area contributed by atoms with Crippen molar-refractivity contribution in [2.75, 3.05) is 0 Å². The van der Waals surface area contributed by atoms with E-state index in [0.29, 0.717) is 5.25 Å². The standard InChI is InChI=1S/C39H40O2P2S/c1-3-38-31(27-30(2)42(40,34-19-11-6-12-20-34)33-17-9-4-5-10-18-33)28-32-29-37(25-26-39(32)44-38)43(41,35-21-13-7-14-22-35)36-23-15-8-16-24-36/h4-19,21-27,29-30,33-34,38H,3,20,28H2,1-2H3/b31-27-. The van der Waals surface area contributed by atoms with E-state index in [1.807, 2.05) is 96.7 Å². The summed E-state index contributed by atoms with van der Waals surface area (Å²) in [6, 6.07) is 26.2. The lowest BCUT2D eigenvalue weighted by atomic mass is 9.99. The van der Waals surface area contributed by atoms with Crippen molar-refractivity contribution in [3.63, 3.8) is 0 Å². The minimum Gasteiger partial charge on any atom is -0.321 e. The third kappa shape index (κ3) is 5.95. The number of benzene rings is 3. The third-order valence-corrected chi connectivity index (χ3v) is 17.8. The Labute approximate surface area is 267 Å². The Morgan fingerprint density at radius 1 is 0.795 bits per heavy atom. The molecule has 2 nitrogen and oxygen atoms in total. The molecular weight excluding hydrogens is 594 g/mol. The maximum atomic E-state index is 15.3. The minimum atomic E-state index is -3.07. The molecule has 0 spiro atoms. The molecule has 0 radical (unpaired) electrons. The van der Waals surface area contributed by atoms with Gasteiger partial charge in [0.25, 0.3) is 0 Å². The number of rotatable bonds is 8. The van der Waals surface area contributed by atoms with Gasteiger partial charge in [-0.2, -0.15) is 0 Å². The topological polar surface area (TPSA) is 34.1 Å². The van der Waals surface area contributed by atoms with Gasteiger partial charge in [0.1, 0.15) is 7.14 Å². The second kappa shape index (κ2) is 13.5. The van der Waals surface area contributed by atoms with Gasteiger partial charge in [-0.25, -0.2) is 0 Å². The van der Waals surface area contributed by atoms with Crippen LogP contribution in [0.2, 0.25) is 0 Å². The first-order chi connectivity index (χ1) is 21.4. The quantitative estimate of drug-likeness (QED) is 0.183. The van der Waals surface area contributed by atoms with Gasteiger partial charge in [-0.3, -0.25) is 0 Å². The van der Waals surface area contributed by atoms with Gasteiger partial charge in [0.2, 0.25) is 0 Å². The van der Waals surface area contributed by atoms with Crippen LogP contribution in [0.1, 0.15) is 32.3 Å². The Kier molecular flexibility index (Phi) is 9.48. The maximum absolute atomic E-state index is 15.3. The summed E-state index contributed by atoms with van der Waals surface area (Å²) >= 11 is 1.89. The van der Waals surface area contributed by atoms with E-state index in [1.165, 1.54) is 16.0 Å². The molecule has 1 heterocycles. The highest BCUT2D eigenvalue weighted by atomic mass is 32.2. The fourth-order valence-corrected chi connectivity index (χ4v) is 14.2. The van der Waals surface area contributed by atoms with Crippen LogP contribution < -0.4 is 15.9 Å². The Hall–Kier alpha value is -3.09. The monoisotopic (exact) mass is 634 g/mol. The van der Waals surface area contributed by atoms with Crippen LogP contribution in [0.3, 0.4) is 0 Å². The zero-order chi connectivity index (χ0) is 30.6. The second-order valence-corrected chi connectivity index (χ2v) is 19.4. The van der Waals surface area contributed by atoms with Gasteiger partial charge in [0, 0.05) is 37.4 Å². The summed E-state index contributed by atoms with van der Waals surface area (Å²) in [5.41, 5.74) is 2.35. The van der Waals surface area contributed by atoms with Gasteiger partial charge < -0.3 is 9.13 Å². The highest BCUT2D eigenvalue weighted by molar-refractivity contribution is 8.00. The van der Waals surface area contributed by atoms with Crippen molar-refractivity contribution in [1.82, 2.24) is 0 Å². The Morgan fingerprint density at radius 2 is 1.43 bits per heavy atom. The molecule has 3 aliphatic rings. The first-order valence-corrected chi connectivity index (χ1v) is 20.1. The molecule has 4 unspecified atom stereocenters. The molecule has 0 saturated heterocycles. The van der Waals surface area contributed by atoms with Gasteiger partial charge in [-0.15, -0.1) is 11.8 Å². The molecule has 0 amide bonds.